The van der Waals surface area contributed by atoms with Gasteiger partial charge in [-0.05, 0) is 222 Å². The molecule has 10 aliphatic carbocycles. The van der Waals surface area contributed by atoms with Crippen molar-refractivity contribution in [2.45, 2.75) is 192 Å². The highest BCUT2D eigenvalue weighted by Crippen LogP contribution is 2.72. The van der Waals surface area contributed by atoms with Crippen LogP contribution in [0, 0.1) is 80.8 Å². The normalized spacial score (nSPS) is 57.1. The second-order valence-corrected chi connectivity index (χ2v) is 21.5. The maximum Gasteiger partial charge on any atom is 0.146 e. The summed E-state index contributed by atoms with van der Waals surface area (Å²) in [4.78, 5) is 0. The van der Waals surface area contributed by atoms with Gasteiger partial charge in [0.1, 0.15) is 6.79 Å². The Morgan fingerprint density at radius 2 is 1.00 bits per heavy atom. The van der Waals surface area contributed by atoms with Crippen LogP contribution in [0.5, 0.6) is 0 Å². The van der Waals surface area contributed by atoms with E-state index in [2.05, 4.69) is 13.8 Å². The number of aliphatic hydroxyl groups is 3. The van der Waals surface area contributed by atoms with Gasteiger partial charge in [0, 0.05) is 7.11 Å². The minimum atomic E-state index is -0.0288. The van der Waals surface area contributed by atoms with Crippen molar-refractivity contribution < 1.29 is 24.8 Å². The fourth-order valence-electron chi connectivity index (χ4n) is 18.3. The van der Waals surface area contributed by atoms with Crippen LogP contribution >= 0.6 is 0 Å². The minimum absolute atomic E-state index is 0.000554. The summed E-state index contributed by atoms with van der Waals surface area (Å²) in [6, 6.07) is 0. The Balaban J connectivity index is 0.000000137. The molecule has 10 saturated carbocycles. The number of rotatable bonds is 3. The second-order valence-electron chi connectivity index (χ2n) is 21.5. The lowest BCUT2D eigenvalue weighted by molar-refractivity contribution is -0.163. The molecule has 18 atom stereocenters. The summed E-state index contributed by atoms with van der Waals surface area (Å²) < 4.78 is 11.1. The zero-order valence-corrected chi connectivity index (χ0v) is 32.9. The van der Waals surface area contributed by atoms with Gasteiger partial charge in [-0.1, -0.05) is 26.7 Å². The summed E-state index contributed by atoms with van der Waals surface area (Å²) in [7, 11) is 1.73. The number of methoxy groups -OCH3 is 1. The minimum Gasteiger partial charge on any atom is -0.393 e. The number of fused-ring (bicyclic) bond motifs is 8. The molecule has 5 nitrogen and oxygen atoms in total. The Morgan fingerprint density at radius 1 is 0.490 bits per heavy atom. The van der Waals surface area contributed by atoms with E-state index in [4.69, 9.17) is 9.47 Å². The van der Waals surface area contributed by atoms with E-state index in [1.165, 1.54) is 128 Å². The summed E-state index contributed by atoms with van der Waals surface area (Å²) in [5, 5.41) is 31.5. The van der Waals surface area contributed by atoms with Gasteiger partial charge in [0.2, 0.25) is 0 Å². The molecule has 5 heteroatoms. The van der Waals surface area contributed by atoms with E-state index in [1.54, 1.807) is 7.11 Å². The third-order valence-corrected chi connectivity index (χ3v) is 20.5. The van der Waals surface area contributed by atoms with E-state index < -0.39 is 0 Å². The monoisotopic (exact) mass is 709 g/mol. The van der Waals surface area contributed by atoms with E-state index in [1.807, 2.05) is 0 Å². The quantitative estimate of drug-likeness (QED) is 0.255. The summed E-state index contributed by atoms with van der Waals surface area (Å²) in [5.74, 6) is 8.36. The Bertz CT molecular complexity index is 1240. The third kappa shape index (κ3) is 5.66. The molecular formula is C46H76O5. The lowest BCUT2D eigenvalue weighted by Gasteiger charge is -2.62. The lowest BCUT2D eigenvalue weighted by atomic mass is 9.43. The molecule has 0 heterocycles. The van der Waals surface area contributed by atoms with Crippen LogP contribution in [0.25, 0.3) is 0 Å². The molecule has 0 aromatic carbocycles. The first-order valence-corrected chi connectivity index (χ1v) is 22.8. The first-order chi connectivity index (χ1) is 24.6. The van der Waals surface area contributed by atoms with Crippen molar-refractivity contribution in [3.63, 3.8) is 0 Å². The van der Waals surface area contributed by atoms with E-state index in [0.29, 0.717) is 46.4 Å². The van der Waals surface area contributed by atoms with Crippen LogP contribution in [-0.2, 0) is 9.47 Å². The van der Waals surface area contributed by atoms with Gasteiger partial charge >= 0.3 is 0 Å². The molecule has 0 aromatic heterocycles. The van der Waals surface area contributed by atoms with Gasteiger partial charge in [0.05, 0.1) is 24.4 Å². The molecule has 10 rings (SSSR count). The highest BCUT2D eigenvalue weighted by Gasteiger charge is 2.64. The largest absolute Gasteiger partial charge is 0.393 e. The van der Waals surface area contributed by atoms with Crippen molar-refractivity contribution >= 4 is 0 Å². The number of ether oxygens (including phenoxy) is 2. The average molecular weight is 709 g/mol. The molecule has 0 aliphatic heterocycles. The molecule has 51 heavy (non-hydrogen) atoms. The highest BCUT2D eigenvalue weighted by atomic mass is 16.7. The molecule has 0 radical (unpaired) electrons. The topological polar surface area (TPSA) is 79.2 Å². The molecule has 0 aromatic rings. The van der Waals surface area contributed by atoms with Gasteiger partial charge in [-0.25, -0.2) is 0 Å². The Hall–Kier alpha value is -0.200. The van der Waals surface area contributed by atoms with Crippen LogP contribution < -0.4 is 0 Å². The third-order valence-electron chi connectivity index (χ3n) is 20.5. The smallest absolute Gasteiger partial charge is 0.146 e. The standard InChI is InChI=1S/C24H40O3.C22H36O2/c1-23-12-9-17(27-15-26-2)14-16(23)5-6-18-19(23)10-13-24-11-3-4-22(25)21(24)8-7-20(18)24;1-21-11-8-15(23)13-14(21)4-5-16-17(21)9-12-22-10-2-3-20(24)19(22)7-6-18(16)22/h16-22,25H,3-15H2,1-2H3;14-20,23-24H,2-13H2,1H3/t16-,17+,18?,19?,20?,21+,22?,23-,24-;14-,15+,16?,17?,18?,19+,20?,21-,22-/m00/s1. The molecule has 8 unspecified atom stereocenters. The predicted molar refractivity (Wildman–Crippen MR) is 202 cm³/mol. The summed E-state index contributed by atoms with van der Waals surface area (Å²) >= 11 is 0. The Morgan fingerprint density at radius 3 is 1.55 bits per heavy atom. The molecule has 2 spiro atoms. The molecule has 290 valence electrons. The molecule has 10 aliphatic rings. The zero-order valence-electron chi connectivity index (χ0n) is 32.9. The molecule has 3 N–H and O–H groups in total. The van der Waals surface area contributed by atoms with Crippen molar-refractivity contribution in [2.24, 2.45) is 80.8 Å². The summed E-state index contributed by atoms with van der Waals surface area (Å²) in [5.41, 5.74) is 2.05. The van der Waals surface area contributed by atoms with Gasteiger partial charge in [0.15, 0.2) is 0 Å². The first kappa shape index (κ1) is 36.4. The maximum atomic E-state index is 10.7. The molecular weight excluding hydrogens is 633 g/mol. The van der Waals surface area contributed by atoms with Gasteiger partial charge in [-0.2, -0.15) is 0 Å². The Kier molecular flexibility index (Phi) is 9.84. The highest BCUT2D eigenvalue weighted by molar-refractivity contribution is 5.14. The van der Waals surface area contributed by atoms with Crippen molar-refractivity contribution in [3.05, 3.63) is 0 Å². The number of hydrogen-bond acceptors (Lipinski definition) is 5. The van der Waals surface area contributed by atoms with Gasteiger partial charge in [-0.3, -0.25) is 0 Å². The van der Waals surface area contributed by atoms with Crippen LogP contribution in [0.1, 0.15) is 168 Å². The van der Waals surface area contributed by atoms with Crippen LogP contribution in [0.4, 0.5) is 0 Å². The van der Waals surface area contributed by atoms with E-state index in [0.717, 1.165) is 73.0 Å². The van der Waals surface area contributed by atoms with Crippen LogP contribution in [0.2, 0.25) is 0 Å². The van der Waals surface area contributed by atoms with Gasteiger partial charge < -0.3 is 24.8 Å². The molecule has 0 amide bonds. The van der Waals surface area contributed by atoms with E-state index in [9.17, 15) is 15.3 Å². The summed E-state index contributed by atoms with van der Waals surface area (Å²) in [6.07, 6.45) is 31.7. The maximum absolute atomic E-state index is 10.7. The average Bonchev–Trinajstić information content (AvgIpc) is 3.73. The Labute approximate surface area is 311 Å². The lowest BCUT2D eigenvalue weighted by Crippen LogP contribution is -2.56. The first-order valence-electron chi connectivity index (χ1n) is 22.8. The fourth-order valence-corrected chi connectivity index (χ4v) is 18.3. The molecule has 0 saturated heterocycles. The van der Waals surface area contributed by atoms with Crippen LogP contribution in [-0.4, -0.2) is 53.6 Å². The zero-order chi connectivity index (χ0) is 35.2. The van der Waals surface area contributed by atoms with Gasteiger partial charge in [-0.15, -0.1) is 0 Å². The van der Waals surface area contributed by atoms with Gasteiger partial charge in [0.25, 0.3) is 0 Å². The van der Waals surface area contributed by atoms with Crippen LogP contribution in [0.15, 0.2) is 0 Å². The number of aliphatic hydroxyl groups excluding tert-OH is 3. The van der Waals surface area contributed by atoms with Crippen molar-refractivity contribution in [1.29, 1.82) is 0 Å². The number of hydrogen-bond donors (Lipinski definition) is 3. The van der Waals surface area contributed by atoms with Crippen molar-refractivity contribution in [1.82, 2.24) is 0 Å². The summed E-state index contributed by atoms with van der Waals surface area (Å²) in [6.45, 7) is 5.68. The van der Waals surface area contributed by atoms with Crippen molar-refractivity contribution in [3.8, 4) is 0 Å². The molecule has 10 fully saturated rings. The van der Waals surface area contributed by atoms with E-state index >= 15 is 0 Å². The molecule has 0 bridgehead atoms. The van der Waals surface area contributed by atoms with Crippen molar-refractivity contribution in [2.75, 3.05) is 13.9 Å². The second kappa shape index (κ2) is 13.8. The SMILES string of the molecule is COCO[C@@H]1CC[C@]2(C)C3CC[C@]45CCCC(O)[C@H]4CCC5C3CC[C@H]2C1.C[C@]12CC[C@@H](O)C[C@@H]1CCC1C3CC[C@@H]4C(O)CCC[C@]34CCC12. The van der Waals surface area contributed by atoms with E-state index in [-0.39, 0.29) is 18.3 Å². The predicted octanol–water partition coefficient (Wildman–Crippen LogP) is 9.69. The fraction of sp³-hybridized carbons (Fsp3) is 1.00. The van der Waals surface area contributed by atoms with Crippen LogP contribution in [0.3, 0.4) is 0 Å².